The smallest absolute Gasteiger partial charge is 0.129 e. The fraction of sp³-hybridized carbons (Fsp3) is 0.235. The molecule has 3 rings (SSSR count). The van der Waals surface area contributed by atoms with Gasteiger partial charge in [0.15, 0.2) is 0 Å². The minimum Gasteiger partial charge on any atom is -0.295 e. The van der Waals surface area contributed by atoms with E-state index in [0.29, 0.717) is 11.1 Å². The summed E-state index contributed by atoms with van der Waals surface area (Å²) in [5.74, 6) is 0.765. The van der Waals surface area contributed by atoms with Gasteiger partial charge in [-0.15, -0.1) is 11.6 Å². The Balaban J connectivity index is 2.25. The monoisotopic (exact) mass is 302 g/mol. The van der Waals surface area contributed by atoms with Crippen LogP contribution in [-0.4, -0.2) is 9.55 Å². The molecule has 0 saturated heterocycles. The minimum atomic E-state index is -0.241. The Morgan fingerprint density at radius 1 is 1.19 bits per heavy atom. The molecular formula is C17H16ClFN2. The number of rotatable bonds is 3. The van der Waals surface area contributed by atoms with Crippen molar-refractivity contribution in [3.63, 3.8) is 0 Å². The highest BCUT2D eigenvalue weighted by molar-refractivity contribution is 6.17. The SMILES string of the molecule is CCc1ccc(-n2c(CCl)nc3cc(F)c(C)cc32)cc1. The zero-order valence-corrected chi connectivity index (χ0v) is 12.8. The molecule has 0 saturated carbocycles. The summed E-state index contributed by atoms with van der Waals surface area (Å²) in [5.41, 5.74) is 4.39. The van der Waals surface area contributed by atoms with Crippen LogP contribution in [0.4, 0.5) is 4.39 Å². The van der Waals surface area contributed by atoms with Gasteiger partial charge in [-0.3, -0.25) is 4.57 Å². The van der Waals surface area contributed by atoms with Crippen LogP contribution < -0.4 is 0 Å². The minimum absolute atomic E-state index is 0.241. The number of benzene rings is 2. The van der Waals surface area contributed by atoms with Crippen molar-refractivity contribution in [1.82, 2.24) is 9.55 Å². The molecule has 2 aromatic carbocycles. The third-order valence-electron chi connectivity index (χ3n) is 3.73. The number of hydrogen-bond acceptors (Lipinski definition) is 1. The molecule has 0 aliphatic heterocycles. The quantitative estimate of drug-likeness (QED) is 0.637. The molecule has 4 heteroatoms. The lowest BCUT2D eigenvalue weighted by molar-refractivity contribution is 0.620. The molecule has 1 aromatic heterocycles. The Morgan fingerprint density at radius 2 is 1.90 bits per heavy atom. The molecule has 0 aliphatic rings. The summed E-state index contributed by atoms with van der Waals surface area (Å²) in [6.45, 7) is 3.88. The standard InChI is InChI=1S/C17H16ClFN2/c1-3-12-4-6-13(7-5-12)21-16-8-11(2)14(19)9-15(16)20-17(21)10-18/h4-9H,3,10H2,1-2H3. The van der Waals surface area contributed by atoms with Gasteiger partial charge >= 0.3 is 0 Å². The first-order chi connectivity index (χ1) is 10.1. The summed E-state index contributed by atoms with van der Waals surface area (Å²) in [6.07, 6.45) is 0.998. The largest absolute Gasteiger partial charge is 0.295 e. The molecule has 21 heavy (non-hydrogen) atoms. The van der Waals surface area contributed by atoms with Crippen molar-refractivity contribution in [2.24, 2.45) is 0 Å². The second kappa shape index (κ2) is 5.49. The van der Waals surface area contributed by atoms with Crippen molar-refractivity contribution in [3.8, 4) is 5.69 Å². The maximum atomic E-state index is 13.7. The van der Waals surface area contributed by atoms with Crippen molar-refractivity contribution in [2.75, 3.05) is 0 Å². The van der Waals surface area contributed by atoms with Crippen LogP contribution in [0.1, 0.15) is 23.9 Å². The number of alkyl halides is 1. The van der Waals surface area contributed by atoms with Gasteiger partial charge in [0.2, 0.25) is 0 Å². The molecule has 2 nitrogen and oxygen atoms in total. The second-order valence-electron chi connectivity index (χ2n) is 5.11. The predicted molar refractivity (Wildman–Crippen MR) is 84.7 cm³/mol. The van der Waals surface area contributed by atoms with E-state index in [-0.39, 0.29) is 11.7 Å². The number of imidazole rings is 1. The normalized spacial score (nSPS) is 11.2. The van der Waals surface area contributed by atoms with Crippen molar-refractivity contribution in [2.45, 2.75) is 26.1 Å². The highest BCUT2D eigenvalue weighted by Gasteiger charge is 2.13. The first-order valence-electron chi connectivity index (χ1n) is 6.96. The average Bonchev–Trinajstić information content (AvgIpc) is 2.85. The average molecular weight is 303 g/mol. The highest BCUT2D eigenvalue weighted by atomic mass is 35.5. The van der Waals surface area contributed by atoms with E-state index >= 15 is 0 Å². The van der Waals surface area contributed by atoms with E-state index in [2.05, 4.69) is 36.2 Å². The highest BCUT2D eigenvalue weighted by Crippen LogP contribution is 2.25. The van der Waals surface area contributed by atoms with E-state index in [1.165, 1.54) is 11.6 Å². The Labute approximate surface area is 128 Å². The third-order valence-corrected chi connectivity index (χ3v) is 3.97. The van der Waals surface area contributed by atoms with Crippen LogP contribution >= 0.6 is 11.6 Å². The van der Waals surface area contributed by atoms with Crippen LogP contribution in [0.3, 0.4) is 0 Å². The van der Waals surface area contributed by atoms with Crippen molar-refractivity contribution >= 4 is 22.6 Å². The lowest BCUT2D eigenvalue weighted by Gasteiger charge is -2.09. The summed E-state index contributed by atoms with van der Waals surface area (Å²) in [6, 6.07) is 11.6. The van der Waals surface area contributed by atoms with Crippen molar-refractivity contribution in [1.29, 1.82) is 0 Å². The van der Waals surface area contributed by atoms with Gasteiger partial charge in [0.1, 0.15) is 11.6 Å². The maximum Gasteiger partial charge on any atom is 0.129 e. The molecular weight excluding hydrogens is 287 g/mol. The number of aromatic nitrogens is 2. The van der Waals surface area contributed by atoms with Gasteiger partial charge < -0.3 is 0 Å². The predicted octanol–water partition coefficient (Wildman–Crippen LogP) is 4.77. The molecule has 0 amide bonds. The molecule has 0 N–H and O–H groups in total. The molecule has 0 atom stereocenters. The van der Waals surface area contributed by atoms with Gasteiger partial charge in [-0.1, -0.05) is 19.1 Å². The molecule has 1 heterocycles. The van der Waals surface area contributed by atoms with Crippen molar-refractivity contribution < 1.29 is 4.39 Å². The topological polar surface area (TPSA) is 17.8 Å². The Hall–Kier alpha value is -1.87. The van der Waals surface area contributed by atoms with Gasteiger partial charge in [-0.2, -0.15) is 0 Å². The summed E-state index contributed by atoms with van der Waals surface area (Å²) < 4.78 is 15.7. The fourth-order valence-electron chi connectivity index (χ4n) is 2.51. The summed E-state index contributed by atoms with van der Waals surface area (Å²) in [4.78, 5) is 4.44. The molecule has 0 bridgehead atoms. The van der Waals surface area contributed by atoms with Crippen molar-refractivity contribution in [3.05, 3.63) is 59.2 Å². The van der Waals surface area contributed by atoms with Crippen LogP contribution in [-0.2, 0) is 12.3 Å². The summed E-state index contributed by atoms with van der Waals surface area (Å²) >= 11 is 6.01. The number of nitrogens with zero attached hydrogens (tertiary/aromatic N) is 2. The number of halogens is 2. The first kappa shape index (κ1) is 14.1. The van der Waals surface area contributed by atoms with Gasteiger partial charge in [-0.05, 0) is 42.7 Å². The van der Waals surface area contributed by atoms with E-state index < -0.39 is 0 Å². The lowest BCUT2D eigenvalue weighted by atomic mass is 10.1. The molecule has 0 spiro atoms. The zero-order chi connectivity index (χ0) is 15.0. The number of aryl methyl sites for hydroxylation is 2. The summed E-state index contributed by atoms with van der Waals surface area (Å²) in [5, 5.41) is 0. The number of hydrogen-bond donors (Lipinski definition) is 0. The van der Waals surface area contributed by atoms with Crippen LogP contribution in [0.5, 0.6) is 0 Å². The fourth-order valence-corrected chi connectivity index (χ4v) is 2.69. The Bertz CT molecular complexity index is 791. The second-order valence-corrected chi connectivity index (χ2v) is 5.37. The first-order valence-corrected chi connectivity index (χ1v) is 7.50. The van der Waals surface area contributed by atoms with Crippen LogP contribution in [0.15, 0.2) is 36.4 Å². The molecule has 108 valence electrons. The molecule has 0 radical (unpaired) electrons. The van der Waals surface area contributed by atoms with Gasteiger partial charge in [0.05, 0.1) is 16.9 Å². The number of fused-ring (bicyclic) bond motifs is 1. The van der Waals surface area contributed by atoms with Crippen LogP contribution in [0, 0.1) is 12.7 Å². The Kier molecular flexibility index (Phi) is 3.68. The van der Waals surface area contributed by atoms with E-state index in [1.54, 1.807) is 6.92 Å². The van der Waals surface area contributed by atoms with E-state index in [9.17, 15) is 4.39 Å². The maximum absolute atomic E-state index is 13.7. The lowest BCUT2D eigenvalue weighted by Crippen LogP contribution is -1.99. The van der Waals surface area contributed by atoms with Gasteiger partial charge in [0, 0.05) is 11.8 Å². The zero-order valence-electron chi connectivity index (χ0n) is 12.0. The van der Waals surface area contributed by atoms with E-state index in [0.717, 1.165) is 23.4 Å². The third kappa shape index (κ3) is 2.42. The van der Waals surface area contributed by atoms with Crippen LogP contribution in [0.25, 0.3) is 16.7 Å². The molecule has 0 fully saturated rings. The van der Waals surface area contributed by atoms with Crippen LogP contribution in [0.2, 0.25) is 0 Å². The molecule has 0 unspecified atom stereocenters. The molecule has 3 aromatic rings. The van der Waals surface area contributed by atoms with Gasteiger partial charge in [0.25, 0.3) is 0 Å². The molecule has 0 aliphatic carbocycles. The van der Waals surface area contributed by atoms with E-state index in [4.69, 9.17) is 11.6 Å². The van der Waals surface area contributed by atoms with E-state index in [1.807, 2.05) is 10.6 Å². The Morgan fingerprint density at radius 3 is 2.52 bits per heavy atom. The summed E-state index contributed by atoms with van der Waals surface area (Å²) in [7, 11) is 0. The van der Waals surface area contributed by atoms with Gasteiger partial charge in [-0.25, -0.2) is 9.37 Å².